The Morgan fingerprint density at radius 1 is 0.795 bits per heavy atom. The fraction of sp³-hybridized carbons (Fsp3) is 0.351. The number of amides is 1. The van der Waals surface area contributed by atoms with Crippen molar-refractivity contribution < 1.29 is 23.7 Å². The molecule has 44 heavy (non-hydrogen) atoms. The molecule has 1 fully saturated rings. The van der Waals surface area contributed by atoms with Crippen molar-refractivity contribution in [2.75, 3.05) is 13.1 Å². The summed E-state index contributed by atoms with van der Waals surface area (Å²) in [5, 5.41) is 0. The number of benzene rings is 3. The third kappa shape index (κ3) is 9.76. The molecule has 7 nitrogen and oxygen atoms in total. The SMILES string of the molecule is CC.CC(C)(C)OC(=O)N1CCC(Oc2cccc(-c3ccc(OCc4ccccc4)nc3OCc3ccccc3)c2)CC1. The Bertz CT molecular complexity index is 1450. The smallest absolute Gasteiger partial charge is 0.410 e. The summed E-state index contributed by atoms with van der Waals surface area (Å²) in [6.45, 7) is 11.7. The van der Waals surface area contributed by atoms with Crippen LogP contribution in [0.3, 0.4) is 0 Å². The maximum absolute atomic E-state index is 12.4. The fourth-order valence-electron chi connectivity index (χ4n) is 4.70. The average Bonchev–Trinajstić information content (AvgIpc) is 3.04. The van der Waals surface area contributed by atoms with E-state index in [0.29, 0.717) is 38.1 Å². The van der Waals surface area contributed by atoms with Crippen LogP contribution < -0.4 is 14.2 Å². The molecule has 2 heterocycles. The van der Waals surface area contributed by atoms with Gasteiger partial charge in [-0.2, -0.15) is 4.98 Å². The standard InChI is InChI=1S/C35H38N2O5.C2H6/c1-35(2,3)42-34(38)37-21-19-29(20-22-37)41-30-16-10-15-28(23-30)31-17-18-32(39-24-26-11-6-4-7-12-26)36-33(31)40-25-27-13-8-5-9-14-27;1-2/h4-18,23,29H,19-22,24-25H2,1-3H3;1-2H3. The molecule has 3 aromatic carbocycles. The van der Waals surface area contributed by atoms with Crippen LogP contribution >= 0.6 is 0 Å². The van der Waals surface area contributed by atoms with Crippen LogP contribution in [0.1, 0.15) is 58.6 Å². The van der Waals surface area contributed by atoms with Gasteiger partial charge in [-0.25, -0.2) is 4.79 Å². The Morgan fingerprint density at radius 2 is 1.41 bits per heavy atom. The number of hydrogen-bond donors (Lipinski definition) is 0. The van der Waals surface area contributed by atoms with E-state index in [9.17, 15) is 4.79 Å². The Hall–Kier alpha value is -4.52. The molecule has 1 aliphatic rings. The normalized spacial score (nSPS) is 13.3. The molecule has 4 aromatic rings. The number of aromatic nitrogens is 1. The number of piperidine rings is 1. The summed E-state index contributed by atoms with van der Waals surface area (Å²) in [4.78, 5) is 18.9. The highest BCUT2D eigenvalue weighted by atomic mass is 16.6. The molecule has 0 bridgehead atoms. The van der Waals surface area contributed by atoms with Gasteiger partial charge in [0.1, 0.15) is 30.7 Å². The number of hydrogen-bond acceptors (Lipinski definition) is 6. The van der Waals surface area contributed by atoms with Gasteiger partial charge in [-0.1, -0.05) is 86.6 Å². The Kier molecular flexibility index (Phi) is 11.6. The highest BCUT2D eigenvalue weighted by Gasteiger charge is 2.27. The van der Waals surface area contributed by atoms with Gasteiger partial charge in [0.2, 0.25) is 11.8 Å². The molecule has 0 aliphatic carbocycles. The van der Waals surface area contributed by atoms with Crippen molar-refractivity contribution in [2.45, 2.75) is 72.4 Å². The molecule has 1 amide bonds. The molecule has 1 aliphatic heterocycles. The molecule has 0 saturated carbocycles. The molecule has 1 saturated heterocycles. The summed E-state index contributed by atoms with van der Waals surface area (Å²) in [7, 11) is 0. The zero-order chi connectivity index (χ0) is 31.4. The summed E-state index contributed by atoms with van der Waals surface area (Å²) in [5.41, 5.74) is 3.40. The van der Waals surface area contributed by atoms with Crippen molar-refractivity contribution in [3.63, 3.8) is 0 Å². The first-order chi connectivity index (χ1) is 21.3. The first-order valence-electron chi connectivity index (χ1n) is 15.4. The summed E-state index contributed by atoms with van der Waals surface area (Å²) in [5.74, 6) is 1.75. The van der Waals surface area contributed by atoms with Gasteiger partial charge in [-0.05, 0) is 55.7 Å². The van der Waals surface area contributed by atoms with Gasteiger partial charge in [0.05, 0.1) is 0 Å². The lowest BCUT2D eigenvalue weighted by Gasteiger charge is -2.33. The van der Waals surface area contributed by atoms with E-state index in [1.54, 1.807) is 4.90 Å². The lowest BCUT2D eigenvalue weighted by atomic mass is 10.1. The molecular weight excluding hydrogens is 552 g/mol. The van der Waals surface area contributed by atoms with Crippen molar-refractivity contribution in [1.82, 2.24) is 9.88 Å². The molecule has 1 aromatic heterocycles. The van der Waals surface area contributed by atoms with Crippen LogP contribution in [0.5, 0.6) is 17.5 Å². The van der Waals surface area contributed by atoms with Crippen LogP contribution in [0.25, 0.3) is 11.1 Å². The molecule has 0 unspecified atom stereocenters. The summed E-state index contributed by atoms with van der Waals surface area (Å²) >= 11 is 0. The first-order valence-corrected chi connectivity index (χ1v) is 15.4. The van der Waals surface area contributed by atoms with Crippen molar-refractivity contribution in [2.24, 2.45) is 0 Å². The highest BCUT2D eigenvalue weighted by molar-refractivity contribution is 5.70. The van der Waals surface area contributed by atoms with Crippen LogP contribution in [0.15, 0.2) is 97.1 Å². The van der Waals surface area contributed by atoms with Crippen LogP contribution in [0.4, 0.5) is 4.79 Å². The summed E-state index contributed by atoms with van der Waals surface area (Å²) < 4.78 is 24.1. The molecule has 0 atom stereocenters. The fourth-order valence-corrected chi connectivity index (χ4v) is 4.70. The Labute approximate surface area is 261 Å². The van der Waals surface area contributed by atoms with Crippen molar-refractivity contribution >= 4 is 6.09 Å². The second-order valence-electron chi connectivity index (χ2n) is 11.4. The van der Waals surface area contributed by atoms with E-state index in [1.807, 2.05) is 132 Å². The monoisotopic (exact) mass is 596 g/mol. The predicted octanol–water partition coefficient (Wildman–Crippen LogP) is 8.71. The number of carbonyl (C=O) groups is 1. The minimum absolute atomic E-state index is 0.0135. The van der Waals surface area contributed by atoms with Crippen molar-refractivity contribution in [3.05, 3.63) is 108 Å². The van der Waals surface area contributed by atoms with Gasteiger partial charge in [0, 0.05) is 37.6 Å². The van der Waals surface area contributed by atoms with Crippen molar-refractivity contribution in [1.29, 1.82) is 0 Å². The van der Waals surface area contributed by atoms with Crippen molar-refractivity contribution in [3.8, 4) is 28.6 Å². The topological polar surface area (TPSA) is 70.1 Å². The molecule has 7 heteroatoms. The second-order valence-corrected chi connectivity index (χ2v) is 11.4. The molecule has 0 spiro atoms. The Balaban J connectivity index is 0.00000216. The quantitative estimate of drug-likeness (QED) is 0.192. The van der Waals surface area contributed by atoms with Crippen LogP contribution in [-0.2, 0) is 18.0 Å². The number of ether oxygens (including phenoxy) is 4. The van der Waals surface area contributed by atoms with E-state index in [2.05, 4.69) is 0 Å². The molecule has 0 N–H and O–H groups in total. The van der Waals surface area contributed by atoms with Gasteiger partial charge in [-0.15, -0.1) is 0 Å². The minimum Gasteiger partial charge on any atom is -0.490 e. The predicted molar refractivity (Wildman–Crippen MR) is 174 cm³/mol. The maximum atomic E-state index is 12.4. The molecule has 0 radical (unpaired) electrons. The zero-order valence-electron chi connectivity index (χ0n) is 26.5. The minimum atomic E-state index is -0.504. The Morgan fingerprint density at radius 3 is 2.02 bits per heavy atom. The van der Waals surface area contributed by atoms with E-state index < -0.39 is 5.60 Å². The second kappa shape index (κ2) is 15.8. The molecule has 232 valence electrons. The van der Waals surface area contributed by atoms with Gasteiger partial charge >= 0.3 is 6.09 Å². The maximum Gasteiger partial charge on any atom is 0.410 e. The van der Waals surface area contributed by atoms with Crippen LogP contribution in [-0.4, -0.2) is 40.8 Å². The summed E-state index contributed by atoms with van der Waals surface area (Å²) in [6.07, 6.45) is 1.22. The lowest BCUT2D eigenvalue weighted by molar-refractivity contribution is 0.0126. The number of pyridine rings is 1. The average molecular weight is 597 g/mol. The number of likely N-dealkylation sites (tertiary alicyclic amines) is 1. The van der Waals surface area contributed by atoms with Crippen LogP contribution in [0.2, 0.25) is 0 Å². The van der Waals surface area contributed by atoms with E-state index >= 15 is 0 Å². The summed E-state index contributed by atoms with van der Waals surface area (Å²) in [6, 6.07) is 31.8. The van der Waals surface area contributed by atoms with E-state index in [0.717, 1.165) is 40.8 Å². The third-order valence-electron chi connectivity index (χ3n) is 6.82. The molecular formula is C37H44N2O5. The zero-order valence-corrected chi connectivity index (χ0v) is 26.5. The number of carbonyl (C=O) groups excluding carboxylic acids is 1. The van der Waals surface area contributed by atoms with Gasteiger partial charge in [0.15, 0.2) is 0 Å². The largest absolute Gasteiger partial charge is 0.490 e. The number of rotatable bonds is 9. The van der Waals surface area contributed by atoms with Gasteiger partial charge in [0.25, 0.3) is 0 Å². The first kappa shape index (κ1) is 32.4. The molecule has 5 rings (SSSR count). The third-order valence-corrected chi connectivity index (χ3v) is 6.82. The number of nitrogens with zero attached hydrogens (tertiary/aromatic N) is 2. The van der Waals surface area contributed by atoms with Crippen LogP contribution in [0, 0.1) is 0 Å². The van der Waals surface area contributed by atoms with Gasteiger partial charge in [-0.3, -0.25) is 0 Å². The van der Waals surface area contributed by atoms with E-state index in [-0.39, 0.29) is 12.2 Å². The lowest BCUT2D eigenvalue weighted by Crippen LogP contribution is -2.44. The van der Waals surface area contributed by atoms with E-state index in [1.165, 1.54) is 0 Å². The highest BCUT2D eigenvalue weighted by Crippen LogP contribution is 2.34. The van der Waals surface area contributed by atoms with E-state index in [4.69, 9.17) is 23.9 Å². The van der Waals surface area contributed by atoms with Gasteiger partial charge < -0.3 is 23.8 Å².